The van der Waals surface area contributed by atoms with Crippen LogP contribution in [0.15, 0.2) is 28.7 Å². The van der Waals surface area contributed by atoms with E-state index < -0.39 is 0 Å². The first kappa shape index (κ1) is 13.2. The first-order valence-electron chi connectivity index (χ1n) is 6.01. The van der Waals surface area contributed by atoms with Crippen molar-refractivity contribution in [2.45, 2.75) is 32.9 Å². The first-order valence-corrected chi connectivity index (χ1v) is 6.80. The summed E-state index contributed by atoms with van der Waals surface area (Å²) in [5, 5.41) is 17.4. The molecule has 0 saturated heterocycles. The van der Waals surface area contributed by atoms with Gasteiger partial charge in [0, 0.05) is 4.47 Å². The monoisotopic (exact) mass is 309 g/mol. The van der Waals surface area contributed by atoms with E-state index in [0.29, 0.717) is 12.2 Å². The van der Waals surface area contributed by atoms with Gasteiger partial charge in [-0.1, -0.05) is 46.6 Å². The van der Waals surface area contributed by atoms with Gasteiger partial charge >= 0.3 is 0 Å². The number of aliphatic hydroxyl groups is 1. The highest BCUT2D eigenvalue weighted by molar-refractivity contribution is 9.10. The highest BCUT2D eigenvalue weighted by Gasteiger charge is 2.11. The largest absolute Gasteiger partial charge is 0.390 e. The summed E-state index contributed by atoms with van der Waals surface area (Å²) in [5.74, 6) is 0. The van der Waals surface area contributed by atoms with Gasteiger partial charge in [0.05, 0.1) is 18.8 Å². The summed E-state index contributed by atoms with van der Waals surface area (Å²) < 4.78 is 2.94. The summed E-state index contributed by atoms with van der Waals surface area (Å²) in [5.41, 5.74) is 2.89. The van der Waals surface area contributed by atoms with Crippen LogP contribution in [-0.2, 0) is 19.6 Å². The molecule has 0 atom stereocenters. The summed E-state index contributed by atoms with van der Waals surface area (Å²) in [7, 11) is 0. The molecule has 1 N–H and O–H groups in total. The van der Waals surface area contributed by atoms with Gasteiger partial charge in [-0.15, -0.1) is 5.10 Å². The lowest BCUT2D eigenvalue weighted by atomic mass is 10.2. The van der Waals surface area contributed by atoms with Crippen molar-refractivity contribution in [2.75, 3.05) is 0 Å². The quantitative estimate of drug-likeness (QED) is 0.923. The Labute approximate surface area is 115 Å². The Morgan fingerprint density at radius 1 is 1.28 bits per heavy atom. The van der Waals surface area contributed by atoms with Crippen LogP contribution < -0.4 is 0 Å². The van der Waals surface area contributed by atoms with Gasteiger partial charge in [-0.05, 0) is 24.1 Å². The third kappa shape index (κ3) is 2.97. The summed E-state index contributed by atoms with van der Waals surface area (Å²) >= 11 is 3.42. The lowest BCUT2D eigenvalue weighted by Crippen LogP contribution is -2.07. The third-order valence-electron chi connectivity index (χ3n) is 2.80. The second-order valence-electron chi connectivity index (χ2n) is 4.18. The topological polar surface area (TPSA) is 50.9 Å². The molecule has 0 aliphatic heterocycles. The van der Waals surface area contributed by atoms with Crippen LogP contribution in [0.4, 0.5) is 0 Å². The summed E-state index contributed by atoms with van der Waals surface area (Å²) in [4.78, 5) is 0. The Morgan fingerprint density at radius 3 is 2.61 bits per heavy atom. The lowest BCUT2D eigenvalue weighted by molar-refractivity contribution is 0.275. The van der Waals surface area contributed by atoms with Crippen molar-refractivity contribution in [3.05, 3.63) is 45.7 Å². The van der Waals surface area contributed by atoms with Crippen LogP contribution in [-0.4, -0.2) is 20.1 Å². The molecule has 2 rings (SSSR count). The highest BCUT2D eigenvalue weighted by Crippen LogP contribution is 2.14. The molecule has 0 bridgehead atoms. The van der Waals surface area contributed by atoms with Crippen molar-refractivity contribution in [1.82, 2.24) is 15.0 Å². The third-order valence-corrected chi connectivity index (χ3v) is 3.33. The van der Waals surface area contributed by atoms with E-state index in [9.17, 15) is 5.11 Å². The minimum Gasteiger partial charge on any atom is -0.390 e. The van der Waals surface area contributed by atoms with Crippen LogP contribution in [0, 0.1) is 0 Å². The molecule has 5 heteroatoms. The van der Waals surface area contributed by atoms with E-state index >= 15 is 0 Å². The van der Waals surface area contributed by atoms with Crippen LogP contribution in [0.1, 0.15) is 30.3 Å². The highest BCUT2D eigenvalue weighted by atomic mass is 79.9. The fourth-order valence-electron chi connectivity index (χ4n) is 1.89. The Bertz CT molecular complexity index is 507. The number of halogens is 1. The van der Waals surface area contributed by atoms with Crippen LogP contribution in [0.2, 0.25) is 0 Å². The van der Waals surface area contributed by atoms with Gasteiger partial charge in [0.1, 0.15) is 5.69 Å². The fourth-order valence-corrected chi connectivity index (χ4v) is 2.16. The Morgan fingerprint density at radius 2 is 2.00 bits per heavy atom. The summed E-state index contributed by atoms with van der Waals surface area (Å²) in [6, 6.07) is 8.14. The maximum Gasteiger partial charge on any atom is 0.111 e. The zero-order chi connectivity index (χ0) is 13.0. The predicted molar refractivity (Wildman–Crippen MR) is 73.2 cm³/mol. The molecular weight excluding hydrogens is 294 g/mol. The van der Waals surface area contributed by atoms with Gasteiger partial charge in [0.2, 0.25) is 0 Å². The van der Waals surface area contributed by atoms with Crippen molar-refractivity contribution in [3.8, 4) is 0 Å². The minimum atomic E-state index is -0.0460. The standard InChI is InChI=1S/C13H16BrN3O/c1-2-3-13-12(9-18)15-16-17(13)8-10-4-6-11(14)7-5-10/h4-7,18H,2-3,8-9H2,1H3. The van der Waals surface area contributed by atoms with Crippen LogP contribution in [0.3, 0.4) is 0 Å². The van der Waals surface area contributed by atoms with Crippen molar-refractivity contribution < 1.29 is 5.11 Å². The Balaban J connectivity index is 2.22. The lowest BCUT2D eigenvalue weighted by Gasteiger charge is -2.06. The first-order chi connectivity index (χ1) is 8.74. The maximum absolute atomic E-state index is 9.24. The van der Waals surface area contributed by atoms with E-state index in [1.54, 1.807) is 0 Å². The number of hydrogen-bond acceptors (Lipinski definition) is 3. The zero-order valence-electron chi connectivity index (χ0n) is 10.3. The van der Waals surface area contributed by atoms with Gasteiger partial charge < -0.3 is 5.11 Å². The zero-order valence-corrected chi connectivity index (χ0v) is 11.9. The van der Waals surface area contributed by atoms with Crippen LogP contribution in [0.5, 0.6) is 0 Å². The number of aromatic nitrogens is 3. The number of aliphatic hydroxyl groups excluding tert-OH is 1. The molecule has 96 valence electrons. The Kier molecular flexibility index (Phi) is 4.49. The van der Waals surface area contributed by atoms with Crippen molar-refractivity contribution in [3.63, 3.8) is 0 Å². The molecule has 4 nitrogen and oxygen atoms in total. The number of nitrogens with zero attached hydrogens (tertiary/aromatic N) is 3. The molecule has 0 fully saturated rings. The molecule has 0 spiro atoms. The van der Waals surface area contributed by atoms with E-state index in [-0.39, 0.29) is 6.61 Å². The average Bonchev–Trinajstić information content (AvgIpc) is 2.75. The fraction of sp³-hybridized carbons (Fsp3) is 0.385. The number of rotatable bonds is 5. The van der Waals surface area contributed by atoms with E-state index in [2.05, 4.69) is 45.3 Å². The van der Waals surface area contributed by atoms with Gasteiger partial charge in [0.15, 0.2) is 0 Å². The SMILES string of the molecule is CCCc1c(CO)nnn1Cc1ccc(Br)cc1. The van der Waals surface area contributed by atoms with Gasteiger partial charge in [0.25, 0.3) is 0 Å². The smallest absolute Gasteiger partial charge is 0.111 e. The molecule has 18 heavy (non-hydrogen) atoms. The normalized spacial score (nSPS) is 10.8. The second kappa shape index (κ2) is 6.11. The molecule has 0 radical (unpaired) electrons. The molecule has 0 amide bonds. The van der Waals surface area contributed by atoms with Gasteiger partial charge in [-0.25, -0.2) is 4.68 Å². The van der Waals surface area contributed by atoms with E-state index in [1.807, 2.05) is 16.8 Å². The van der Waals surface area contributed by atoms with Crippen LogP contribution in [0.25, 0.3) is 0 Å². The molecule has 0 aliphatic carbocycles. The molecular formula is C13H16BrN3O. The maximum atomic E-state index is 9.24. The molecule has 0 aliphatic rings. The molecule has 1 aromatic heterocycles. The van der Waals surface area contributed by atoms with Gasteiger partial charge in [-0.2, -0.15) is 0 Å². The molecule has 2 aromatic rings. The number of hydrogen-bond donors (Lipinski definition) is 1. The predicted octanol–water partition coefficient (Wildman–Crippen LogP) is 2.53. The van der Waals surface area contributed by atoms with E-state index in [1.165, 1.54) is 5.56 Å². The Hall–Kier alpha value is -1.20. The second-order valence-corrected chi connectivity index (χ2v) is 5.09. The summed E-state index contributed by atoms with van der Waals surface area (Å²) in [6.07, 6.45) is 1.90. The molecule has 0 unspecified atom stereocenters. The molecule has 1 aromatic carbocycles. The van der Waals surface area contributed by atoms with E-state index in [0.717, 1.165) is 23.0 Å². The molecule has 0 saturated carbocycles. The van der Waals surface area contributed by atoms with Crippen molar-refractivity contribution >= 4 is 15.9 Å². The summed E-state index contributed by atoms with van der Waals surface area (Å²) in [6.45, 7) is 2.75. The average molecular weight is 310 g/mol. The van der Waals surface area contributed by atoms with Gasteiger partial charge in [-0.3, -0.25) is 0 Å². The van der Waals surface area contributed by atoms with Crippen molar-refractivity contribution in [2.24, 2.45) is 0 Å². The number of benzene rings is 1. The van der Waals surface area contributed by atoms with Crippen molar-refractivity contribution in [1.29, 1.82) is 0 Å². The van der Waals surface area contributed by atoms with E-state index in [4.69, 9.17) is 0 Å². The van der Waals surface area contributed by atoms with Crippen LogP contribution >= 0.6 is 15.9 Å². The molecule has 1 heterocycles. The minimum absolute atomic E-state index is 0.0460.